The summed E-state index contributed by atoms with van der Waals surface area (Å²) in [6, 6.07) is 25.5. The Bertz CT molecular complexity index is 988. The predicted molar refractivity (Wildman–Crippen MR) is 126 cm³/mol. The van der Waals surface area contributed by atoms with E-state index in [-0.39, 0.29) is 17.1 Å². The second kappa shape index (κ2) is 9.77. The number of carbonyl (C=O) groups is 2. The summed E-state index contributed by atoms with van der Waals surface area (Å²) in [5.41, 5.74) is 3.69. The third-order valence-electron chi connectivity index (χ3n) is 4.51. The maximum absolute atomic E-state index is 12.5. The van der Waals surface area contributed by atoms with Gasteiger partial charge in [-0.15, -0.1) is 11.8 Å². The van der Waals surface area contributed by atoms with E-state index in [2.05, 4.69) is 17.4 Å². The maximum Gasteiger partial charge on any atom is 0.224 e. The molecule has 0 bridgehead atoms. The van der Waals surface area contributed by atoms with Crippen LogP contribution in [-0.4, -0.2) is 17.4 Å². The van der Waals surface area contributed by atoms with Gasteiger partial charge >= 0.3 is 0 Å². The molecule has 154 valence electrons. The van der Waals surface area contributed by atoms with Crippen LogP contribution in [0.3, 0.4) is 0 Å². The van der Waals surface area contributed by atoms with Gasteiger partial charge < -0.3 is 5.32 Å². The maximum atomic E-state index is 12.5. The molecule has 0 unspecified atom stereocenters. The highest BCUT2D eigenvalue weighted by molar-refractivity contribution is 8.00. The summed E-state index contributed by atoms with van der Waals surface area (Å²) in [5, 5.41) is 2.92. The van der Waals surface area contributed by atoms with Crippen LogP contribution in [0.2, 0.25) is 0 Å². The zero-order valence-electron chi connectivity index (χ0n) is 17.6. The Hall–Kier alpha value is -2.85. The summed E-state index contributed by atoms with van der Waals surface area (Å²) in [6.07, 6.45) is 0.473. The molecule has 3 nitrogen and oxygen atoms in total. The SMILES string of the molecule is CC(C)(C)CC(=O)Nc1ccc(SCC(=O)c2ccc(-c3ccccc3)cc2)cc1. The molecular weight excluding hydrogens is 390 g/mol. The third-order valence-corrected chi connectivity index (χ3v) is 5.52. The number of hydrogen-bond donors (Lipinski definition) is 1. The molecule has 30 heavy (non-hydrogen) atoms. The van der Waals surface area contributed by atoms with Gasteiger partial charge in [-0.2, -0.15) is 0 Å². The van der Waals surface area contributed by atoms with E-state index in [0.29, 0.717) is 17.7 Å². The van der Waals surface area contributed by atoms with Crippen LogP contribution in [0.25, 0.3) is 11.1 Å². The van der Waals surface area contributed by atoms with E-state index in [1.807, 2.05) is 87.5 Å². The van der Waals surface area contributed by atoms with Crippen molar-refractivity contribution in [2.75, 3.05) is 11.1 Å². The molecular formula is C26H27NO2S. The standard InChI is InChI=1S/C26H27NO2S/c1-26(2,3)17-25(29)27-22-13-15-23(16-14-22)30-18-24(28)21-11-9-20(10-12-21)19-7-5-4-6-8-19/h4-16H,17-18H2,1-3H3,(H,27,29). The molecule has 3 aromatic rings. The number of anilines is 1. The molecule has 0 spiro atoms. The number of nitrogens with one attached hydrogen (secondary N) is 1. The minimum Gasteiger partial charge on any atom is -0.326 e. The number of benzene rings is 3. The Morgan fingerprint density at radius 3 is 2.00 bits per heavy atom. The summed E-state index contributed by atoms with van der Waals surface area (Å²) in [5.74, 6) is 0.486. The van der Waals surface area contributed by atoms with Crippen LogP contribution in [0.15, 0.2) is 83.8 Å². The van der Waals surface area contributed by atoms with Gasteiger partial charge in [0.05, 0.1) is 5.75 Å². The number of Topliss-reactive ketones (excluding diaryl/α,β-unsaturated/α-hetero) is 1. The van der Waals surface area contributed by atoms with Crippen LogP contribution >= 0.6 is 11.8 Å². The van der Waals surface area contributed by atoms with Gasteiger partial charge in [0, 0.05) is 22.6 Å². The fourth-order valence-corrected chi connectivity index (χ4v) is 3.83. The molecule has 4 heteroatoms. The Labute approximate surface area is 182 Å². The van der Waals surface area contributed by atoms with E-state index in [1.165, 1.54) is 11.8 Å². The lowest BCUT2D eigenvalue weighted by atomic mass is 9.92. The van der Waals surface area contributed by atoms with Gasteiger partial charge in [0.15, 0.2) is 5.78 Å². The van der Waals surface area contributed by atoms with Crippen molar-refractivity contribution in [3.8, 4) is 11.1 Å². The fourth-order valence-electron chi connectivity index (χ4n) is 3.03. The van der Waals surface area contributed by atoms with Gasteiger partial charge in [0.2, 0.25) is 5.91 Å². The van der Waals surface area contributed by atoms with Gasteiger partial charge in [-0.05, 0) is 40.8 Å². The van der Waals surface area contributed by atoms with Crippen molar-refractivity contribution in [1.82, 2.24) is 0 Å². The zero-order valence-corrected chi connectivity index (χ0v) is 18.5. The van der Waals surface area contributed by atoms with E-state index in [9.17, 15) is 9.59 Å². The average Bonchev–Trinajstić information content (AvgIpc) is 2.72. The van der Waals surface area contributed by atoms with Crippen LogP contribution < -0.4 is 5.32 Å². The number of amides is 1. The van der Waals surface area contributed by atoms with Crippen molar-refractivity contribution in [1.29, 1.82) is 0 Å². The van der Waals surface area contributed by atoms with Crippen molar-refractivity contribution in [3.05, 3.63) is 84.4 Å². The smallest absolute Gasteiger partial charge is 0.224 e. The summed E-state index contributed by atoms with van der Waals surface area (Å²) >= 11 is 1.50. The quantitative estimate of drug-likeness (QED) is 0.343. The molecule has 0 aliphatic rings. The number of thioether (sulfide) groups is 1. The first-order valence-corrected chi connectivity index (χ1v) is 11.0. The molecule has 1 amide bonds. The highest BCUT2D eigenvalue weighted by atomic mass is 32.2. The number of rotatable bonds is 7. The molecule has 0 saturated heterocycles. The molecule has 0 radical (unpaired) electrons. The molecule has 3 aromatic carbocycles. The Kier molecular flexibility index (Phi) is 7.11. The van der Waals surface area contributed by atoms with Crippen LogP contribution in [0.4, 0.5) is 5.69 Å². The minimum absolute atomic E-state index is 0.0111. The van der Waals surface area contributed by atoms with E-state index in [4.69, 9.17) is 0 Å². The first kappa shape index (κ1) is 21.8. The van der Waals surface area contributed by atoms with Crippen molar-refractivity contribution < 1.29 is 9.59 Å². The molecule has 0 aromatic heterocycles. The topological polar surface area (TPSA) is 46.2 Å². The van der Waals surface area contributed by atoms with Gasteiger partial charge in [0.1, 0.15) is 0 Å². The summed E-state index contributed by atoms with van der Waals surface area (Å²) < 4.78 is 0. The van der Waals surface area contributed by atoms with Crippen molar-refractivity contribution in [2.24, 2.45) is 5.41 Å². The zero-order chi connectivity index (χ0) is 21.6. The average molecular weight is 418 g/mol. The lowest BCUT2D eigenvalue weighted by molar-refractivity contribution is -0.117. The second-order valence-corrected chi connectivity index (χ2v) is 9.51. The van der Waals surface area contributed by atoms with Crippen LogP contribution in [0.5, 0.6) is 0 Å². The predicted octanol–water partition coefficient (Wildman–Crippen LogP) is 6.70. The molecule has 1 N–H and O–H groups in total. The van der Waals surface area contributed by atoms with Crippen LogP contribution in [0, 0.1) is 5.41 Å². The van der Waals surface area contributed by atoms with Gasteiger partial charge in [-0.3, -0.25) is 9.59 Å². The van der Waals surface area contributed by atoms with E-state index < -0.39 is 0 Å². The number of carbonyl (C=O) groups excluding carboxylic acids is 2. The highest BCUT2D eigenvalue weighted by Gasteiger charge is 2.16. The molecule has 0 heterocycles. The van der Waals surface area contributed by atoms with E-state index in [0.717, 1.165) is 21.7 Å². The fraction of sp³-hybridized carbons (Fsp3) is 0.231. The normalized spacial score (nSPS) is 11.2. The van der Waals surface area contributed by atoms with E-state index >= 15 is 0 Å². The second-order valence-electron chi connectivity index (χ2n) is 8.47. The third kappa shape index (κ3) is 6.60. The van der Waals surface area contributed by atoms with E-state index in [1.54, 1.807) is 0 Å². The molecule has 0 aliphatic carbocycles. The number of hydrogen-bond acceptors (Lipinski definition) is 3. The van der Waals surface area contributed by atoms with Crippen molar-refractivity contribution in [3.63, 3.8) is 0 Å². The largest absolute Gasteiger partial charge is 0.326 e. The summed E-state index contributed by atoms with van der Waals surface area (Å²) in [7, 11) is 0. The minimum atomic E-state index is -0.0421. The van der Waals surface area contributed by atoms with Gasteiger partial charge in [-0.1, -0.05) is 75.4 Å². The first-order valence-electron chi connectivity index (χ1n) is 10.0. The van der Waals surface area contributed by atoms with Crippen LogP contribution in [-0.2, 0) is 4.79 Å². The lowest BCUT2D eigenvalue weighted by Crippen LogP contribution is -2.19. The lowest BCUT2D eigenvalue weighted by Gasteiger charge is -2.17. The molecule has 0 fully saturated rings. The highest BCUT2D eigenvalue weighted by Crippen LogP contribution is 2.24. The summed E-state index contributed by atoms with van der Waals surface area (Å²) in [6.45, 7) is 6.12. The number of ketones is 1. The van der Waals surface area contributed by atoms with Crippen LogP contribution in [0.1, 0.15) is 37.6 Å². The molecule has 0 atom stereocenters. The monoisotopic (exact) mass is 417 g/mol. The Morgan fingerprint density at radius 1 is 0.800 bits per heavy atom. The Balaban J connectivity index is 1.53. The molecule has 3 rings (SSSR count). The molecule has 0 saturated carbocycles. The summed E-state index contributed by atoms with van der Waals surface area (Å²) in [4.78, 5) is 25.6. The van der Waals surface area contributed by atoms with Gasteiger partial charge in [-0.25, -0.2) is 0 Å². The first-order chi connectivity index (χ1) is 14.3. The van der Waals surface area contributed by atoms with Gasteiger partial charge in [0.25, 0.3) is 0 Å². The molecule has 0 aliphatic heterocycles. The van der Waals surface area contributed by atoms with Crippen molar-refractivity contribution in [2.45, 2.75) is 32.1 Å². The Morgan fingerprint density at radius 2 is 1.40 bits per heavy atom. The van der Waals surface area contributed by atoms with Crippen molar-refractivity contribution >= 4 is 29.1 Å².